The standard InChI is InChI=1S/C29H28O6S/c1-5-32-22-9-12-24(27(17-22)35-36(30,31)23-10-6-19(2)7-11-23)21-16-20-8-13-26-25(28(20)33-18-21)14-15-29(3,4)34-26/h6-17H,5,18H2,1-4H3. The van der Waals surface area contributed by atoms with Crippen molar-refractivity contribution in [2.45, 2.75) is 38.2 Å². The summed E-state index contributed by atoms with van der Waals surface area (Å²) in [7, 11) is -4.06. The molecule has 3 aromatic rings. The van der Waals surface area contributed by atoms with Crippen LogP contribution in [0.1, 0.15) is 43.0 Å². The Morgan fingerprint density at radius 2 is 1.81 bits per heavy atom. The van der Waals surface area contributed by atoms with Crippen molar-refractivity contribution in [2.24, 2.45) is 0 Å². The van der Waals surface area contributed by atoms with Gasteiger partial charge in [0.15, 0.2) is 5.75 Å². The summed E-state index contributed by atoms with van der Waals surface area (Å²) in [6, 6.07) is 15.6. The van der Waals surface area contributed by atoms with Gasteiger partial charge < -0.3 is 18.4 Å². The maximum absolute atomic E-state index is 13.1. The Kier molecular flexibility index (Phi) is 6.04. The molecule has 0 aromatic heterocycles. The van der Waals surface area contributed by atoms with Gasteiger partial charge in [-0.2, -0.15) is 8.42 Å². The first-order valence-corrected chi connectivity index (χ1v) is 13.2. The maximum atomic E-state index is 13.1. The Morgan fingerprint density at radius 3 is 2.56 bits per heavy atom. The molecule has 0 aliphatic carbocycles. The monoisotopic (exact) mass is 504 g/mol. The molecule has 0 atom stereocenters. The first kappa shape index (κ1) is 24.0. The Bertz CT molecular complexity index is 1480. The minimum atomic E-state index is -4.06. The van der Waals surface area contributed by atoms with Crippen molar-refractivity contribution < 1.29 is 26.8 Å². The first-order chi connectivity index (χ1) is 17.1. The van der Waals surface area contributed by atoms with E-state index in [-0.39, 0.29) is 22.9 Å². The first-order valence-electron chi connectivity index (χ1n) is 11.8. The van der Waals surface area contributed by atoms with Crippen LogP contribution in [0.2, 0.25) is 0 Å². The van der Waals surface area contributed by atoms with Crippen LogP contribution in [0.3, 0.4) is 0 Å². The van der Waals surface area contributed by atoms with E-state index in [0.717, 1.165) is 33.8 Å². The van der Waals surface area contributed by atoms with Crippen LogP contribution in [0.4, 0.5) is 0 Å². The van der Waals surface area contributed by atoms with Gasteiger partial charge in [-0.15, -0.1) is 0 Å². The lowest BCUT2D eigenvalue weighted by Gasteiger charge is -2.30. The number of hydrogen-bond donors (Lipinski definition) is 0. The van der Waals surface area contributed by atoms with Crippen LogP contribution in [-0.4, -0.2) is 27.2 Å². The molecule has 3 aromatic carbocycles. The van der Waals surface area contributed by atoms with Gasteiger partial charge in [0.1, 0.15) is 34.4 Å². The van der Waals surface area contributed by atoms with Crippen LogP contribution >= 0.6 is 0 Å². The van der Waals surface area contributed by atoms with Crippen LogP contribution in [0.15, 0.2) is 65.6 Å². The number of hydrogen-bond acceptors (Lipinski definition) is 6. The molecule has 2 aliphatic heterocycles. The van der Waals surface area contributed by atoms with Crippen molar-refractivity contribution in [2.75, 3.05) is 13.2 Å². The molecule has 0 saturated carbocycles. The van der Waals surface area contributed by atoms with Crippen LogP contribution in [0, 0.1) is 6.92 Å². The molecule has 6 nitrogen and oxygen atoms in total. The van der Waals surface area contributed by atoms with Gasteiger partial charge in [-0.3, -0.25) is 0 Å². The molecule has 36 heavy (non-hydrogen) atoms. The molecule has 5 rings (SSSR count). The quantitative estimate of drug-likeness (QED) is 0.368. The van der Waals surface area contributed by atoms with E-state index in [2.05, 4.69) is 0 Å². The molecule has 0 unspecified atom stereocenters. The fourth-order valence-electron chi connectivity index (χ4n) is 4.22. The Balaban J connectivity index is 1.54. The molecule has 186 valence electrons. The van der Waals surface area contributed by atoms with E-state index in [1.165, 1.54) is 12.1 Å². The summed E-state index contributed by atoms with van der Waals surface area (Å²) in [5.74, 6) is 2.21. The van der Waals surface area contributed by atoms with Gasteiger partial charge in [-0.1, -0.05) is 17.7 Å². The minimum Gasteiger partial charge on any atom is -0.494 e. The summed E-state index contributed by atoms with van der Waals surface area (Å²) in [5.41, 5.74) is 3.76. The lowest BCUT2D eigenvalue weighted by atomic mass is 9.95. The number of benzene rings is 3. The molecule has 7 heteroatoms. The van der Waals surface area contributed by atoms with Crippen molar-refractivity contribution in [3.63, 3.8) is 0 Å². The fraction of sp³-hybridized carbons (Fsp3) is 0.241. The van der Waals surface area contributed by atoms with E-state index in [9.17, 15) is 8.42 Å². The summed E-state index contributed by atoms with van der Waals surface area (Å²) in [5, 5.41) is 0. The normalized spacial score (nSPS) is 15.6. The predicted molar refractivity (Wildman–Crippen MR) is 140 cm³/mol. The van der Waals surface area contributed by atoms with Gasteiger partial charge in [0.2, 0.25) is 0 Å². The highest BCUT2D eigenvalue weighted by molar-refractivity contribution is 7.87. The summed E-state index contributed by atoms with van der Waals surface area (Å²) in [4.78, 5) is 0.0846. The fourth-order valence-corrected chi connectivity index (χ4v) is 5.16. The largest absolute Gasteiger partial charge is 0.494 e. The second-order valence-electron chi connectivity index (χ2n) is 9.33. The molecular formula is C29H28O6S. The molecule has 0 fully saturated rings. The third-order valence-corrected chi connectivity index (χ3v) is 7.28. The molecule has 0 spiro atoms. The topological polar surface area (TPSA) is 71.1 Å². The molecule has 2 aliphatic rings. The van der Waals surface area contributed by atoms with E-state index in [4.69, 9.17) is 18.4 Å². The van der Waals surface area contributed by atoms with E-state index < -0.39 is 10.1 Å². The van der Waals surface area contributed by atoms with Gasteiger partial charge in [-0.25, -0.2) is 0 Å². The van der Waals surface area contributed by atoms with Crippen molar-refractivity contribution in [1.82, 2.24) is 0 Å². The van der Waals surface area contributed by atoms with E-state index in [1.807, 2.05) is 58.1 Å². The lowest BCUT2D eigenvalue weighted by molar-refractivity contribution is 0.158. The average Bonchev–Trinajstić information content (AvgIpc) is 2.83. The van der Waals surface area contributed by atoms with E-state index >= 15 is 0 Å². The van der Waals surface area contributed by atoms with E-state index in [1.54, 1.807) is 30.3 Å². The maximum Gasteiger partial charge on any atom is 0.339 e. The van der Waals surface area contributed by atoms with Gasteiger partial charge in [0.25, 0.3) is 0 Å². The SMILES string of the molecule is CCOc1ccc(C2=Cc3ccc4c(c3OC2)C=CC(C)(C)O4)c(OS(=O)(=O)c2ccc(C)cc2)c1. The summed E-state index contributed by atoms with van der Waals surface area (Å²) in [6.07, 6.45) is 6.02. The number of ether oxygens (including phenoxy) is 3. The zero-order chi connectivity index (χ0) is 25.5. The van der Waals surface area contributed by atoms with Crippen molar-refractivity contribution in [1.29, 1.82) is 0 Å². The second-order valence-corrected chi connectivity index (χ2v) is 10.9. The van der Waals surface area contributed by atoms with Gasteiger partial charge in [-0.05, 0) is 82.3 Å². The van der Waals surface area contributed by atoms with Crippen LogP contribution in [-0.2, 0) is 10.1 Å². The number of fused-ring (bicyclic) bond motifs is 3. The molecule has 0 radical (unpaired) electrons. The summed E-state index contributed by atoms with van der Waals surface area (Å²) >= 11 is 0. The predicted octanol–water partition coefficient (Wildman–Crippen LogP) is 6.28. The molecule has 2 heterocycles. The number of rotatable bonds is 6. The van der Waals surface area contributed by atoms with Gasteiger partial charge in [0.05, 0.1) is 12.2 Å². The highest BCUT2D eigenvalue weighted by Crippen LogP contribution is 2.44. The molecular weight excluding hydrogens is 476 g/mol. The molecule has 0 N–H and O–H groups in total. The molecule has 0 bridgehead atoms. The summed E-state index contributed by atoms with van der Waals surface area (Å²) in [6.45, 7) is 8.46. The van der Waals surface area contributed by atoms with Crippen LogP contribution in [0.25, 0.3) is 17.7 Å². The highest BCUT2D eigenvalue weighted by atomic mass is 32.2. The molecule has 0 saturated heterocycles. The Hall–Kier alpha value is -3.71. The van der Waals surface area contributed by atoms with Crippen molar-refractivity contribution in [3.05, 3.63) is 82.9 Å². The van der Waals surface area contributed by atoms with Crippen molar-refractivity contribution in [3.8, 4) is 23.0 Å². The van der Waals surface area contributed by atoms with Crippen molar-refractivity contribution >= 4 is 27.8 Å². The minimum absolute atomic E-state index is 0.0846. The smallest absolute Gasteiger partial charge is 0.339 e. The Morgan fingerprint density at radius 1 is 1.03 bits per heavy atom. The zero-order valence-electron chi connectivity index (χ0n) is 20.7. The average molecular weight is 505 g/mol. The third-order valence-electron chi connectivity index (χ3n) is 6.03. The van der Waals surface area contributed by atoms with E-state index in [0.29, 0.717) is 17.9 Å². The summed E-state index contributed by atoms with van der Waals surface area (Å²) < 4.78 is 49.7. The zero-order valence-corrected chi connectivity index (χ0v) is 21.5. The van der Waals surface area contributed by atoms with Gasteiger partial charge in [0, 0.05) is 22.8 Å². The Labute approximate surface area is 211 Å². The number of aryl methyl sites for hydroxylation is 1. The molecule has 0 amide bonds. The van der Waals surface area contributed by atoms with Crippen LogP contribution < -0.4 is 18.4 Å². The highest BCUT2D eigenvalue weighted by Gasteiger charge is 2.28. The van der Waals surface area contributed by atoms with Crippen LogP contribution in [0.5, 0.6) is 23.0 Å². The van der Waals surface area contributed by atoms with Gasteiger partial charge >= 0.3 is 10.1 Å². The third kappa shape index (κ3) is 4.71. The lowest BCUT2D eigenvalue weighted by Crippen LogP contribution is -2.27. The second kappa shape index (κ2) is 9.06.